The van der Waals surface area contributed by atoms with Crippen LogP contribution in [0.25, 0.3) is 0 Å². The summed E-state index contributed by atoms with van der Waals surface area (Å²) in [6, 6.07) is 15.9. The number of Topliss-reactive ketones (excluding diaryl/α,β-unsaturated/α-hetero) is 2. The third kappa shape index (κ3) is 3.64. The second-order valence-electron chi connectivity index (χ2n) is 5.81. The van der Waals surface area contributed by atoms with E-state index >= 15 is 0 Å². The van der Waals surface area contributed by atoms with E-state index in [9.17, 15) is 9.59 Å². The molecule has 0 unspecified atom stereocenters. The second-order valence-corrected chi connectivity index (χ2v) is 6.93. The molecule has 2 nitrogen and oxygen atoms in total. The highest BCUT2D eigenvalue weighted by Gasteiger charge is 2.39. The summed E-state index contributed by atoms with van der Waals surface area (Å²) in [5.41, 5.74) is 4.06. The van der Waals surface area contributed by atoms with Crippen LogP contribution in [0, 0.1) is 0 Å². The number of halogens is 2. The molecule has 0 heterocycles. The van der Waals surface area contributed by atoms with Gasteiger partial charge in [-0.25, -0.2) is 0 Å². The Morgan fingerprint density at radius 1 is 0.739 bits per heavy atom. The van der Waals surface area contributed by atoms with E-state index in [0.717, 1.165) is 17.5 Å². The summed E-state index contributed by atoms with van der Waals surface area (Å²) in [7, 11) is 0. The van der Waals surface area contributed by atoms with E-state index in [2.05, 4.69) is 56.1 Å². The van der Waals surface area contributed by atoms with Crippen molar-refractivity contribution in [3.8, 4) is 0 Å². The van der Waals surface area contributed by atoms with Gasteiger partial charge in [0.2, 0.25) is 0 Å². The molecule has 0 N–H and O–H groups in total. The van der Waals surface area contributed by atoms with Crippen LogP contribution in [0.1, 0.15) is 50.1 Å². The average molecular weight is 436 g/mol. The molecule has 1 aliphatic carbocycles. The maximum Gasteiger partial charge on any atom is 0.173 e. The molecule has 1 saturated carbocycles. The van der Waals surface area contributed by atoms with E-state index in [1.165, 1.54) is 11.1 Å². The fraction of sp³-hybridized carbons (Fsp3) is 0.263. The second kappa shape index (κ2) is 7.10. The summed E-state index contributed by atoms with van der Waals surface area (Å²) in [4.78, 5) is 23.3. The van der Waals surface area contributed by atoms with E-state index in [0.29, 0.717) is 22.5 Å². The van der Waals surface area contributed by atoms with Gasteiger partial charge in [-0.15, -0.1) is 0 Å². The number of hydrogen-bond donors (Lipinski definition) is 0. The maximum absolute atomic E-state index is 11.6. The van der Waals surface area contributed by atoms with Gasteiger partial charge in [-0.3, -0.25) is 9.59 Å². The van der Waals surface area contributed by atoms with Crippen LogP contribution in [0.5, 0.6) is 0 Å². The zero-order chi connectivity index (χ0) is 16.4. The normalized spacial score (nSPS) is 19.4. The largest absolute Gasteiger partial charge is 0.293 e. The number of ketones is 2. The zero-order valence-electron chi connectivity index (χ0n) is 12.5. The summed E-state index contributed by atoms with van der Waals surface area (Å²) in [5.74, 6) is 1.24. The van der Waals surface area contributed by atoms with Crippen LogP contribution in [0.4, 0.5) is 0 Å². The van der Waals surface area contributed by atoms with Gasteiger partial charge in [0, 0.05) is 11.1 Å². The predicted octanol–water partition coefficient (Wildman–Crippen LogP) is 5.11. The molecule has 23 heavy (non-hydrogen) atoms. The molecule has 0 radical (unpaired) electrons. The van der Waals surface area contributed by atoms with E-state index in [4.69, 9.17) is 0 Å². The summed E-state index contributed by atoms with van der Waals surface area (Å²) in [6.45, 7) is 0. The number of hydrogen-bond acceptors (Lipinski definition) is 2. The van der Waals surface area contributed by atoms with Crippen LogP contribution in [0.2, 0.25) is 0 Å². The molecule has 2 atom stereocenters. The topological polar surface area (TPSA) is 34.1 Å². The highest BCUT2D eigenvalue weighted by atomic mass is 79.9. The van der Waals surface area contributed by atoms with Crippen LogP contribution in [-0.2, 0) is 0 Å². The van der Waals surface area contributed by atoms with Gasteiger partial charge >= 0.3 is 0 Å². The Morgan fingerprint density at radius 3 is 1.39 bits per heavy atom. The molecule has 0 aromatic heterocycles. The Labute approximate surface area is 152 Å². The molecule has 0 saturated heterocycles. The molecule has 0 amide bonds. The highest BCUT2D eigenvalue weighted by molar-refractivity contribution is 9.09. The highest BCUT2D eigenvalue weighted by Crippen LogP contribution is 2.54. The minimum absolute atomic E-state index is 0.107. The molecule has 1 aliphatic rings. The van der Waals surface area contributed by atoms with Gasteiger partial charge in [-0.05, 0) is 29.4 Å². The average Bonchev–Trinajstić information content (AvgIpc) is 3.41. The Balaban J connectivity index is 1.69. The number of carbonyl (C=O) groups is 2. The molecule has 0 bridgehead atoms. The van der Waals surface area contributed by atoms with Crippen LogP contribution in [0.15, 0.2) is 48.5 Å². The van der Waals surface area contributed by atoms with Crippen molar-refractivity contribution in [3.63, 3.8) is 0 Å². The lowest BCUT2D eigenvalue weighted by atomic mass is 10.0. The smallest absolute Gasteiger partial charge is 0.173 e. The lowest BCUT2D eigenvalue weighted by Gasteiger charge is -2.04. The molecule has 1 fully saturated rings. The van der Waals surface area contributed by atoms with Gasteiger partial charge in [-0.2, -0.15) is 0 Å². The fourth-order valence-electron chi connectivity index (χ4n) is 2.92. The fourth-order valence-corrected chi connectivity index (χ4v) is 3.57. The number of rotatable bonds is 6. The van der Waals surface area contributed by atoms with Gasteiger partial charge in [0.15, 0.2) is 11.6 Å². The first kappa shape index (κ1) is 16.6. The maximum atomic E-state index is 11.6. The van der Waals surface area contributed by atoms with Gasteiger partial charge < -0.3 is 0 Å². The van der Waals surface area contributed by atoms with E-state index in [1.807, 2.05) is 24.3 Å². The third-order valence-corrected chi connectivity index (χ3v) is 5.37. The quantitative estimate of drug-likeness (QED) is 0.466. The molecule has 2 aromatic carbocycles. The van der Waals surface area contributed by atoms with Crippen LogP contribution < -0.4 is 0 Å². The standard InChI is InChI=1S/C19H16Br2O2/c20-10-18(22)14-5-1-12(2-6-14)16-9-17(16)13-3-7-15(8-4-13)19(23)11-21/h1-8,16-17H,9-11H2/t16-,17+. The molecular weight excluding hydrogens is 420 g/mol. The predicted molar refractivity (Wildman–Crippen MR) is 99.2 cm³/mol. The van der Waals surface area contributed by atoms with Crippen molar-refractivity contribution < 1.29 is 9.59 Å². The lowest BCUT2D eigenvalue weighted by Crippen LogP contribution is -2.00. The summed E-state index contributed by atoms with van der Waals surface area (Å²) in [6.07, 6.45) is 1.12. The van der Waals surface area contributed by atoms with Gasteiger partial charge in [0.25, 0.3) is 0 Å². The van der Waals surface area contributed by atoms with Crippen molar-refractivity contribution >= 4 is 43.4 Å². The summed E-state index contributed by atoms with van der Waals surface area (Å²) >= 11 is 6.39. The monoisotopic (exact) mass is 434 g/mol. The minimum Gasteiger partial charge on any atom is -0.293 e. The molecule has 0 aliphatic heterocycles. The third-order valence-electron chi connectivity index (χ3n) is 4.35. The SMILES string of the molecule is O=C(CBr)c1ccc([C@H]2C[C@H]2c2ccc(C(=O)CBr)cc2)cc1. The van der Waals surface area contributed by atoms with Gasteiger partial charge in [0.05, 0.1) is 10.7 Å². The Kier molecular flexibility index (Phi) is 5.12. The number of alkyl halides is 2. The molecule has 4 heteroatoms. The van der Waals surface area contributed by atoms with Crippen LogP contribution in [-0.4, -0.2) is 22.2 Å². The minimum atomic E-state index is 0.107. The molecule has 0 spiro atoms. The van der Waals surface area contributed by atoms with Crippen molar-refractivity contribution in [2.75, 3.05) is 10.7 Å². The Hall–Kier alpha value is -1.26. The molecule has 2 aromatic rings. The Morgan fingerprint density at radius 2 is 1.09 bits per heavy atom. The van der Waals surface area contributed by atoms with Gasteiger partial charge in [0.1, 0.15) is 0 Å². The van der Waals surface area contributed by atoms with Crippen molar-refractivity contribution in [1.82, 2.24) is 0 Å². The number of benzene rings is 2. The zero-order valence-corrected chi connectivity index (χ0v) is 15.6. The van der Waals surface area contributed by atoms with Crippen molar-refractivity contribution in [3.05, 3.63) is 70.8 Å². The lowest BCUT2D eigenvalue weighted by molar-refractivity contribution is 0.101. The Bertz CT molecular complexity index is 657. The van der Waals surface area contributed by atoms with Crippen molar-refractivity contribution in [1.29, 1.82) is 0 Å². The van der Waals surface area contributed by atoms with E-state index in [1.54, 1.807) is 0 Å². The first-order valence-corrected chi connectivity index (χ1v) is 9.76. The first-order valence-electron chi connectivity index (χ1n) is 7.52. The van der Waals surface area contributed by atoms with Crippen LogP contribution >= 0.6 is 31.9 Å². The first-order chi connectivity index (χ1) is 11.1. The van der Waals surface area contributed by atoms with Crippen LogP contribution in [0.3, 0.4) is 0 Å². The van der Waals surface area contributed by atoms with Crippen molar-refractivity contribution in [2.45, 2.75) is 18.3 Å². The molecular formula is C19H16Br2O2. The summed E-state index contributed by atoms with van der Waals surface area (Å²) in [5, 5.41) is 0.718. The van der Waals surface area contributed by atoms with E-state index < -0.39 is 0 Å². The van der Waals surface area contributed by atoms with Gasteiger partial charge in [-0.1, -0.05) is 80.4 Å². The molecule has 118 valence electrons. The number of carbonyl (C=O) groups excluding carboxylic acids is 2. The summed E-state index contributed by atoms with van der Waals surface area (Å²) < 4.78 is 0. The molecule has 3 rings (SSSR count). The van der Waals surface area contributed by atoms with E-state index in [-0.39, 0.29) is 11.6 Å². The van der Waals surface area contributed by atoms with Crippen molar-refractivity contribution in [2.24, 2.45) is 0 Å².